The molecule has 1 aliphatic heterocycles. The van der Waals surface area contributed by atoms with Crippen LogP contribution in [0.15, 0.2) is 18.2 Å². The second-order valence-electron chi connectivity index (χ2n) is 4.57. The molecule has 1 atom stereocenters. The highest BCUT2D eigenvalue weighted by Crippen LogP contribution is 2.34. The molecule has 1 aromatic rings. The molecule has 1 saturated heterocycles. The van der Waals surface area contributed by atoms with E-state index in [1.165, 1.54) is 6.07 Å². The van der Waals surface area contributed by atoms with E-state index in [0.717, 1.165) is 23.3 Å². The minimum Gasteiger partial charge on any atom is -0.389 e. The van der Waals surface area contributed by atoms with Crippen molar-refractivity contribution in [2.75, 3.05) is 29.1 Å². The highest BCUT2D eigenvalue weighted by atomic mass is 32.2. The summed E-state index contributed by atoms with van der Waals surface area (Å²) in [5, 5.41) is 3.50. The molecule has 0 amide bonds. The first-order valence-electron chi connectivity index (χ1n) is 6.32. The van der Waals surface area contributed by atoms with E-state index >= 15 is 0 Å². The maximum atomic E-state index is 13.0. The third kappa shape index (κ3) is 4.69. The summed E-state index contributed by atoms with van der Waals surface area (Å²) in [4.78, 5) is -0.242. The predicted molar refractivity (Wildman–Crippen MR) is 89.4 cm³/mol. The molecule has 0 radical (unpaired) electrons. The van der Waals surface area contributed by atoms with Crippen LogP contribution in [0.25, 0.3) is 0 Å². The number of thiocarbonyl (C=S) groups is 1. The summed E-state index contributed by atoms with van der Waals surface area (Å²) in [5.41, 5.74) is 4.88. The van der Waals surface area contributed by atoms with Gasteiger partial charge in [-0.2, -0.15) is 36.7 Å². The van der Waals surface area contributed by atoms with Crippen LogP contribution in [0, 0.1) is 0 Å². The van der Waals surface area contributed by atoms with Gasteiger partial charge in [-0.25, -0.2) is 0 Å². The van der Waals surface area contributed by atoms with Crippen molar-refractivity contribution in [2.24, 2.45) is 5.73 Å². The number of hydrogen-bond acceptors (Lipinski definition) is 4. The lowest BCUT2D eigenvalue weighted by molar-refractivity contribution is -0.137. The van der Waals surface area contributed by atoms with Crippen molar-refractivity contribution in [1.82, 2.24) is 0 Å². The van der Waals surface area contributed by atoms with Gasteiger partial charge in [0, 0.05) is 40.3 Å². The highest BCUT2D eigenvalue weighted by molar-refractivity contribution is 8.06. The minimum absolute atomic E-state index is 0.134. The highest BCUT2D eigenvalue weighted by Gasteiger charge is 2.34. The molecule has 0 aliphatic carbocycles. The van der Waals surface area contributed by atoms with E-state index in [9.17, 15) is 13.2 Å². The molecule has 0 aromatic heterocycles. The quantitative estimate of drug-likeness (QED) is 0.810. The molecule has 116 valence electrons. The lowest BCUT2D eigenvalue weighted by Crippen LogP contribution is -2.23. The number of hydrogen-bond donors (Lipinski definition) is 2. The summed E-state index contributed by atoms with van der Waals surface area (Å²) in [6.45, 7) is 0.654. The lowest BCUT2D eigenvalue weighted by Gasteiger charge is -2.22. The SMILES string of the molecule is NC(=S)c1ccc(NCC2CSCCS2)cc1C(F)(F)F. The summed E-state index contributed by atoms with van der Waals surface area (Å²) in [7, 11) is 0. The van der Waals surface area contributed by atoms with Gasteiger partial charge < -0.3 is 11.1 Å². The fourth-order valence-corrected chi connectivity index (χ4v) is 4.78. The molecule has 0 saturated carbocycles. The lowest BCUT2D eigenvalue weighted by atomic mass is 10.1. The number of thioether (sulfide) groups is 2. The Bertz CT molecular complexity index is 514. The molecule has 21 heavy (non-hydrogen) atoms. The molecular weight excluding hydrogens is 337 g/mol. The van der Waals surface area contributed by atoms with E-state index in [4.69, 9.17) is 5.73 Å². The molecular formula is C13H15F3N2S3. The number of halogens is 3. The van der Waals surface area contributed by atoms with Crippen molar-refractivity contribution in [3.63, 3.8) is 0 Å². The largest absolute Gasteiger partial charge is 0.417 e. The zero-order chi connectivity index (χ0) is 15.5. The monoisotopic (exact) mass is 352 g/mol. The van der Waals surface area contributed by atoms with Crippen LogP contribution in [0.5, 0.6) is 0 Å². The van der Waals surface area contributed by atoms with Crippen molar-refractivity contribution in [1.29, 1.82) is 0 Å². The van der Waals surface area contributed by atoms with E-state index in [0.29, 0.717) is 17.5 Å². The molecule has 2 nitrogen and oxygen atoms in total. The molecule has 0 bridgehead atoms. The van der Waals surface area contributed by atoms with Gasteiger partial charge in [-0.15, -0.1) is 0 Å². The summed E-state index contributed by atoms with van der Waals surface area (Å²) < 4.78 is 39.1. The number of alkyl halides is 3. The first kappa shape index (κ1) is 16.8. The number of nitrogens with two attached hydrogens (primary N) is 1. The van der Waals surface area contributed by atoms with Crippen molar-refractivity contribution in [3.05, 3.63) is 29.3 Å². The minimum atomic E-state index is -4.47. The third-order valence-corrected chi connectivity index (χ3v) is 6.07. The Morgan fingerprint density at radius 1 is 1.38 bits per heavy atom. The Kier molecular flexibility index (Phi) is 5.67. The van der Waals surface area contributed by atoms with Crippen LogP contribution < -0.4 is 11.1 Å². The van der Waals surface area contributed by atoms with Gasteiger partial charge in [0.2, 0.25) is 0 Å². The number of anilines is 1. The molecule has 1 aromatic carbocycles. The molecule has 1 fully saturated rings. The van der Waals surface area contributed by atoms with E-state index in [-0.39, 0.29) is 10.6 Å². The topological polar surface area (TPSA) is 38.0 Å². The van der Waals surface area contributed by atoms with Crippen LogP contribution in [-0.4, -0.2) is 34.0 Å². The van der Waals surface area contributed by atoms with Gasteiger partial charge >= 0.3 is 6.18 Å². The second-order valence-corrected chi connectivity index (χ2v) is 7.57. The van der Waals surface area contributed by atoms with E-state index in [1.807, 2.05) is 23.5 Å². The second kappa shape index (κ2) is 7.11. The van der Waals surface area contributed by atoms with Gasteiger partial charge in [0.25, 0.3) is 0 Å². The van der Waals surface area contributed by atoms with Gasteiger partial charge in [-0.05, 0) is 18.2 Å². The van der Waals surface area contributed by atoms with Crippen molar-refractivity contribution >= 4 is 46.4 Å². The number of benzene rings is 1. The van der Waals surface area contributed by atoms with Gasteiger partial charge in [0.15, 0.2) is 0 Å². The van der Waals surface area contributed by atoms with E-state index < -0.39 is 11.7 Å². The van der Waals surface area contributed by atoms with Crippen molar-refractivity contribution < 1.29 is 13.2 Å². The average Bonchev–Trinajstić information content (AvgIpc) is 2.45. The van der Waals surface area contributed by atoms with E-state index in [1.54, 1.807) is 6.07 Å². The molecule has 0 spiro atoms. The average molecular weight is 352 g/mol. The molecule has 3 N–H and O–H groups in total. The summed E-state index contributed by atoms with van der Waals surface area (Å²) >= 11 is 8.41. The van der Waals surface area contributed by atoms with E-state index in [2.05, 4.69) is 17.5 Å². The maximum absolute atomic E-state index is 13.0. The summed E-state index contributed by atoms with van der Waals surface area (Å²) in [5.74, 6) is 3.25. The Morgan fingerprint density at radius 3 is 2.71 bits per heavy atom. The Balaban J connectivity index is 2.11. The fourth-order valence-electron chi connectivity index (χ4n) is 1.99. The summed E-state index contributed by atoms with van der Waals surface area (Å²) in [6.07, 6.45) is -4.47. The standard InChI is InChI=1S/C13H15F3N2S3/c14-13(15,16)11-5-8(1-2-10(11)12(17)19)18-6-9-7-20-3-4-21-9/h1-2,5,9,18H,3-4,6-7H2,(H2,17,19). The zero-order valence-corrected chi connectivity index (χ0v) is 13.5. The van der Waals surface area contributed by atoms with Crippen LogP contribution >= 0.6 is 35.7 Å². The van der Waals surface area contributed by atoms with Crippen molar-refractivity contribution in [2.45, 2.75) is 11.4 Å². The fraction of sp³-hybridized carbons (Fsp3) is 0.462. The normalized spacial score (nSPS) is 19.3. The van der Waals surface area contributed by atoms with Crippen LogP contribution in [0.3, 0.4) is 0 Å². The van der Waals surface area contributed by atoms with Crippen LogP contribution in [0.4, 0.5) is 18.9 Å². The molecule has 2 rings (SSSR count). The molecule has 1 heterocycles. The van der Waals surface area contributed by atoms with Gasteiger partial charge in [-0.1, -0.05) is 12.2 Å². The van der Waals surface area contributed by atoms with Gasteiger partial charge in [0.1, 0.15) is 4.99 Å². The van der Waals surface area contributed by atoms with Crippen molar-refractivity contribution in [3.8, 4) is 0 Å². The van der Waals surface area contributed by atoms with Gasteiger partial charge in [-0.3, -0.25) is 0 Å². The first-order valence-corrected chi connectivity index (χ1v) is 8.93. The smallest absolute Gasteiger partial charge is 0.389 e. The van der Waals surface area contributed by atoms with Crippen LogP contribution in [0.2, 0.25) is 0 Å². The Labute approximate surface area is 135 Å². The molecule has 8 heteroatoms. The maximum Gasteiger partial charge on any atom is 0.417 e. The molecule has 1 unspecified atom stereocenters. The third-order valence-electron chi connectivity index (χ3n) is 3.01. The van der Waals surface area contributed by atoms with Crippen LogP contribution in [0.1, 0.15) is 11.1 Å². The molecule has 1 aliphatic rings. The van der Waals surface area contributed by atoms with Gasteiger partial charge in [0.05, 0.1) is 5.56 Å². The Morgan fingerprint density at radius 2 is 2.14 bits per heavy atom. The number of rotatable bonds is 4. The zero-order valence-electron chi connectivity index (χ0n) is 11.1. The number of nitrogens with one attached hydrogen (secondary N) is 1. The Hall–Kier alpha value is -0.600. The van der Waals surface area contributed by atoms with Crippen LogP contribution in [-0.2, 0) is 6.18 Å². The predicted octanol–water partition coefficient (Wildman–Crippen LogP) is 3.60. The first-order chi connectivity index (χ1) is 9.88. The summed E-state index contributed by atoms with van der Waals surface area (Å²) in [6, 6.07) is 4.00.